The minimum atomic E-state index is -0.292. The summed E-state index contributed by atoms with van der Waals surface area (Å²) < 4.78 is 12.9. The molecule has 1 heterocycles. The zero-order valence-corrected chi connectivity index (χ0v) is 7.24. The molecular formula is C9H7FN4. The van der Waals surface area contributed by atoms with Crippen molar-refractivity contribution >= 4 is 10.9 Å². The van der Waals surface area contributed by atoms with Gasteiger partial charge in [0.25, 0.3) is 0 Å². The number of nitrogens with one attached hydrogen (secondary N) is 1. The average Bonchev–Trinajstić information content (AvgIpc) is 2.57. The Morgan fingerprint density at radius 2 is 2.36 bits per heavy atom. The Kier molecular flexibility index (Phi) is 2.08. The maximum Gasteiger partial charge on any atom is 0.123 e. The van der Waals surface area contributed by atoms with Gasteiger partial charge in [-0.15, -0.1) is 0 Å². The van der Waals surface area contributed by atoms with E-state index in [9.17, 15) is 4.39 Å². The number of aromatic amines is 1. The van der Waals surface area contributed by atoms with Gasteiger partial charge in [-0.3, -0.25) is 0 Å². The molecule has 4 nitrogen and oxygen atoms in total. The van der Waals surface area contributed by atoms with Crippen LogP contribution in [0.4, 0.5) is 4.39 Å². The normalized spacial score (nSPS) is 10.1. The predicted molar refractivity (Wildman–Crippen MR) is 51.1 cm³/mol. The monoisotopic (exact) mass is 190 g/mol. The molecule has 1 aromatic heterocycles. The number of benzene rings is 1. The highest BCUT2D eigenvalue weighted by atomic mass is 19.1. The van der Waals surface area contributed by atoms with Crippen molar-refractivity contribution in [2.45, 2.75) is 6.54 Å². The molecule has 0 saturated heterocycles. The molecule has 1 aromatic carbocycles. The fraction of sp³-hybridized carbons (Fsp3) is 0.111. The third-order valence-corrected chi connectivity index (χ3v) is 2.03. The lowest BCUT2D eigenvalue weighted by Crippen LogP contribution is -1.78. The number of rotatable bonds is 2. The topological polar surface area (TPSA) is 64.6 Å². The van der Waals surface area contributed by atoms with Crippen LogP contribution in [0.2, 0.25) is 0 Å². The Balaban J connectivity index is 2.54. The molecule has 70 valence electrons. The van der Waals surface area contributed by atoms with Gasteiger partial charge in [-0.05, 0) is 29.3 Å². The highest BCUT2D eigenvalue weighted by Gasteiger charge is 2.03. The van der Waals surface area contributed by atoms with E-state index in [0.717, 1.165) is 16.5 Å². The summed E-state index contributed by atoms with van der Waals surface area (Å²) in [6.45, 7) is 0.236. The van der Waals surface area contributed by atoms with Gasteiger partial charge in [0, 0.05) is 22.0 Å². The molecule has 14 heavy (non-hydrogen) atoms. The summed E-state index contributed by atoms with van der Waals surface area (Å²) in [4.78, 5) is 5.63. The molecule has 0 aliphatic rings. The van der Waals surface area contributed by atoms with Crippen LogP contribution >= 0.6 is 0 Å². The number of H-pyrrole nitrogens is 1. The van der Waals surface area contributed by atoms with Crippen molar-refractivity contribution in [1.82, 2.24) is 4.98 Å². The van der Waals surface area contributed by atoms with Crippen molar-refractivity contribution in [2.24, 2.45) is 5.11 Å². The summed E-state index contributed by atoms with van der Waals surface area (Å²) in [5.41, 5.74) is 9.81. The maximum atomic E-state index is 12.9. The van der Waals surface area contributed by atoms with Crippen molar-refractivity contribution < 1.29 is 4.39 Å². The fourth-order valence-corrected chi connectivity index (χ4v) is 1.39. The highest BCUT2D eigenvalue weighted by Crippen LogP contribution is 2.19. The molecule has 0 saturated carbocycles. The molecule has 5 heteroatoms. The summed E-state index contributed by atoms with van der Waals surface area (Å²) in [7, 11) is 0. The van der Waals surface area contributed by atoms with E-state index in [0.29, 0.717) is 0 Å². The average molecular weight is 190 g/mol. The largest absolute Gasteiger partial charge is 0.361 e. The zero-order chi connectivity index (χ0) is 9.97. The Labute approximate surface area is 79.0 Å². The molecule has 0 fully saturated rings. The van der Waals surface area contributed by atoms with Gasteiger partial charge in [-0.25, -0.2) is 4.39 Å². The first-order valence-corrected chi connectivity index (χ1v) is 4.07. The van der Waals surface area contributed by atoms with E-state index in [1.54, 1.807) is 12.3 Å². The first-order chi connectivity index (χ1) is 6.81. The summed E-state index contributed by atoms with van der Waals surface area (Å²) >= 11 is 0. The minimum Gasteiger partial charge on any atom is -0.361 e. The zero-order valence-electron chi connectivity index (χ0n) is 7.24. The highest BCUT2D eigenvalue weighted by molar-refractivity contribution is 5.83. The van der Waals surface area contributed by atoms with Gasteiger partial charge in [0.15, 0.2) is 0 Å². The first-order valence-electron chi connectivity index (χ1n) is 4.07. The van der Waals surface area contributed by atoms with Crippen LogP contribution in [-0.2, 0) is 6.54 Å². The van der Waals surface area contributed by atoms with Crippen LogP contribution in [-0.4, -0.2) is 4.98 Å². The van der Waals surface area contributed by atoms with Crippen molar-refractivity contribution in [2.75, 3.05) is 0 Å². The molecule has 2 aromatic rings. The number of halogens is 1. The number of nitrogens with zero attached hydrogens (tertiary/aromatic N) is 3. The van der Waals surface area contributed by atoms with Crippen molar-refractivity contribution in [3.8, 4) is 0 Å². The molecule has 0 aliphatic carbocycles. The van der Waals surface area contributed by atoms with E-state index in [1.165, 1.54) is 12.1 Å². The Morgan fingerprint density at radius 3 is 3.14 bits per heavy atom. The van der Waals surface area contributed by atoms with Gasteiger partial charge in [-0.1, -0.05) is 5.11 Å². The second-order valence-corrected chi connectivity index (χ2v) is 2.89. The van der Waals surface area contributed by atoms with E-state index >= 15 is 0 Å². The molecule has 0 amide bonds. The smallest absolute Gasteiger partial charge is 0.123 e. The van der Waals surface area contributed by atoms with Crippen LogP contribution < -0.4 is 0 Å². The number of hydrogen-bond acceptors (Lipinski definition) is 1. The van der Waals surface area contributed by atoms with E-state index in [4.69, 9.17) is 5.53 Å². The third-order valence-electron chi connectivity index (χ3n) is 2.03. The molecule has 0 bridgehead atoms. The van der Waals surface area contributed by atoms with E-state index in [-0.39, 0.29) is 12.4 Å². The Hall–Kier alpha value is -2.00. The van der Waals surface area contributed by atoms with Gasteiger partial charge in [0.2, 0.25) is 0 Å². The lowest BCUT2D eigenvalue weighted by atomic mass is 10.2. The van der Waals surface area contributed by atoms with Crippen LogP contribution in [0.15, 0.2) is 29.5 Å². The van der Waals surface area contributed by atoms with E-state index in [2.05, 4.69) is 15.0 Å². The maximum absolute atomic E-state index is 12.9. The van der Waals surface area contributed by atoms with Crippen molar-refractivity contribution in [1.29, 1.82) is 0 Å². The second kappa shape index (κ2) is 3.40. The molecule has 0 radical (unpaired) electrons. The molecule has 0 unspecified atom stereocenters. The third kappa shape index (κ3) is 1.41. The van der Waals surface area contributed by atoms with E-state index in [1.807, 2.05) is 0 Å². The molecule has 0 atom stereocenters. The van der Waals surface area contributed by atoms with Crippen molar-refractivity contribution in [3.05, 3.63) is 46.2 Å². The fourth-order valence-electron chi connectivity index (χ4n) is 1.39. The number of fused-ring (bicyclic) bond motifs is 1. The van der Waals surface area contributed by atoms with Crippen molar-refractivity contribution in [3.63, 3.8) is 0 Å². The summed E-state index contributed by atoms with van der Waals surface area (Å²) in [6, 6.07) is 4.47. The quantitative estimate of drug-likeness (QED) is 0.429. The summed E-state index contributed by atoms with van der Waals surface area (Å²) in [5, 5.41) is 4.19. The van der Waals surface area contributed by atoms with Crippen LogP contribution in [0, 0.1) is 5.82 Å². The van der Waals surface area contributed by atoms with E-state index < -0.39 is 0 Å². The standard InChI is InChI=1S/C9H7FN4/c10-7-1-2-9-8(3-7)6(4-12-9)5-13-14-11/h1-4,12H,5H2. The lowest BCUT2D eigenvalue weighted by Gasteiger charge is -1.93. The number of azide groups is 1. The molecular weight excluding hydrogens is 183 g/mol. The second-order valence-electron chi connectivity index (χ2n) is 2.89. The Bertz CT molecular complexity index is 511. The van der Waals surface area contributed by atoms with Crippen LogP contribution in [0.25, 0.3) is 21.3 Å². The SMILES string of the molecule is [N-]=[N+]=NCc1c[nH]c2ccc(F)cc12. The van der Waals surface area contributed by atoms with Gasteiger partial charge in [-0.2, -0.15) is 0 Å². The molecule has 0 spiro atoms. The minimum absolute atomic E-state index is 0.236. The molecule has 0 aliphatic heterocycles. The first kappa shape index (κ1) is 8.59. The number of aromatic nitrogens is 1. The molecule has 2 rings (SSSR count). The lowest BCUT2D eigenvalue weighted by molar-refractivity contribution is 0.629. The van der Waals surface area contributed by atoms with Gasteiger partial charge >= 0.3 is 0 Å². The summed E-state index contributed by atoms with van der Waals surface area (Å²) in [6.07, 6.45) is 1.72. The van der Waals surface area contributed by atoms with Gasteiger partial charge in [0.1, 0.15) is 5.82 Å². The van der Waals surface area contributed by atoms with Gasteiger partial charge < -0.3 is 4.98 Å². The molecule has 1 N–H and O–H groups in total. The van der Waals surface area contributed by atoms with Gasteiger partial charge in [0.05, 0.1) is 6.54 Å². The predicted octanol–water partition coefficient (Wildman–Crippen LogP) is 3.12. The van der Waals surface area contributed by atoms with Crippen LogP contribution in [0.3, 0.4) is 0 Å². The number of hydrogen-bond donors (Lipinski definition) is 1. The Morgan fingerprint density at radius 1 is 1.50 bits per heavy atom. The summed E-state index contributed by atoms with van der Waals surface area (Å²) in [5.74, 6) is -0.292. The van der Waals surface area contributed by atoms with Crippen LogP contribution in [0.1, 0.15) is 5.56 Å². The van der Waals surface area contributed by atoms with Crippen LogP contribution in [0.5, 0.6) is 0 Å².